The molecule has 132 valence electrons. The van der Waals surface area contributed by atoms with E-state index < -0.39 is 6.09 Å². The van der Waals surface area contributed by atoms with Gasteiger partial charge in [0.2, 0.25) is 0 Å². The van der Waals surface area contributed by atoms with Gasteiger partial charge in [0.25, 0.3) is 0 Å². The van der Waals surface area contributed by atoms with Gasteiger partial charge in [0.05, 0.1) is 4.90 Å². The van der Waals surface area contributed by atoms with Crippen LogP contribution in [0.4, 0.5) is 4.79 Å². The van der Waals surface area contributed by atoms with E-state index in [1.54, 1.807) is 11.8 Å². The van der Waals surface area contributed by atoms with Crippen LogP contribution in [0.15, 0.2) is 88.7 Å². The lowest BCUT2D eigenvalue weighted by Gasteiger charge is -2.14. The van der Waals surface area contributed by atoms with E-state index in [1.807, 2.05) is 92.7 Å². The van der Waals surface area contributed by atoms with Crippen molar-refractivity contribution in [3.63, 3.8) is 0 Å². The SMILES string of the molecule is CC(C)NC(=O)Oc1cc(-c2ccccc2)ccc1Sc1ccccc1. The Morgan fingerprint density at radius 3 is 2.19 bits per heavy atom. The van der Waals surface area contributed by atoms with E-state index in [4.69, 9.17) is 4.74 Å². The first-order valence-corrected chi connectivity index (χ1v) is 9.34. The molecule has 26 heavy (non-hydrogen) atoms. The molecule has 1 N–H and O–H groups in total. The Morgan fingerprint density at radius 1 is 0.885 bits per heavy atom. The van der Waals surface area contributed by atoms with E-state index in [-0.39, 0.29) is 6.04 Å². The minimum atomic E-state index is -0.444. The Labute approximate surface area is 158 Å². The Hall–Kier alpha value is -2.72. The highest BCUT2D eigenvalue weighted by molar-refractivity contribution is 7.99. The second-order valence-corrected chi connectivity index (χ2v) is 7.25. The molecule has 3 nitrogen and oxygen atoms in total. The maximum atomic E-state index is 12.1. The second kappa shape index (κ2) is 8.59. The van der Waals surface area contributed by atoms with Gasteiger partial charge in [0.1, 0.15) is 5.75 Å². The van der Waals surface area contributed by atoms with Gasteiger partial charge < -0.3 is 10.1 Å². The van der Waals surface area contributed by atoms with Crippen molar-refractivity contribution in [1.29, 1.82) is 0 Å². The van der Waals surface area contributed by atoms with Gasteiger partial charge in [-0.25, -0.2) is 4.79 Å². The van der Waals surface area contributed by atoms with Gasteiger partial charge >= 0.3 is 6.09 Å². The maximum Gasteiger partial charge on any atom is 0.412 e. The fourth-order valence-electron chi connectivity index (χ4n) is 2.46. The van der Waals surface area contributed by atoms with Crippen LogP contribution >= 0.6 is 11.8 Å². The van der Waals surface area contributed by atoms with Crippen LogP contribution in [0, 0.1) is 0 Å². The highest BCUT2D eigenvalue weighted by Gasteiger charge is 2.13. The molecule has 0 atom stereocenters. The molecule has 0 aliphatic rings. The summed E-state index contributed by atoms with van der Waals surface area (Å²) in [5.74, 6) is 0.554. The standard InChI is InChI=1S/C22H21NO2S/c1-16(2)23-22(24)25-20-15-18(17-9-5-3-6-10-17)13-14-21(20)26-19-11-7-4-8-12-19/h3-16H,1-2H3,(H,23,24). The lowest BCUT2D eigenvalue weighted by Crippen LogP contribution is -2.32. The predicted octanol–water partition coefficient (Wildman–Crippen LogP) is 6.00. The van der Waals surface area contributed by atoms with E-state index in [0.717, 1.165) is 20.9 Å². The van der Waals surface area contributed by atoms with E-state index in [0.29, 0.717) is 5.75 Å². The third-order valence-corrected chi connectivity index (χ3v) is 4.70. The molecule has 4 heteroatoms. The number of hydrogen-bond donors (Lipinski definition) is 1. The first kappa shape index (κ1) is 18.1. The molecule has 0 saturated heterocycles. The van der Waals surface area contributed by atoms with Crippen LogP contribution in [0.25, 0.3) is 11.1 Å². The lowest BCUT2D eigenvalue weighted by atomic mass is 10.1. The zero-order valence-corrected chi connectivity index (χ0v) is 15.6. The van der Waals surface area contributed by atoms with E-state index in [9.17, 15) is 4.79 Å². The third-order valence-electron chi connectivity index (χ3n) is 3.63. The molecule has 3 aromatic rings. The summed E-state index contributed by atoms with van der Waals surface area (Å²) in [6, 6.07) is 26.1. The third kappa shape index (κ3) is 4.90. The van der Waals surface area contributed by atoms with E-state index in [2.05, 4.69) is 5.32 Å². The summed E-state index contributed by atoms with van der Waals surface area (Å²) < 4.78 is 5.62. The summed E-state index contributed by atoms with van der Waals surface area (Å²) in [6.07, 6.45) is -0.444. The molecule has 0 radical (unpaired) electrons. The zero-order chi connectivity index (χ0) is 18.4. The number of nitrogens with one attached hydrogen (secondary N) is 1. The van der Waals surface area contributed by atoms with Gasteiger partial charge in [0, 0.05) is 10.9 Å². The quantitative estimate of drug-likeness (QED) is 0.604. The lowest BCUT2D eigenvalue weighted by molar-refractivity contribution is 0.196. The van der Waals surface area contributed by atoms with Crippen molar-refractivity contribution in [2.24, 2.45) is 0 Å². The molecule has 0 fully saturated rings. The van der Waals surface area contributed by atoms with Gasteiger partial charge in [0.15, 0.2) is 0 Å². The van der Waals surface area contributed by atoms with Gasteiger partial charge in [-0.3, -0.25) is 0 Å². The fraction of sp³-hybridized carbons (Fsp3) is 0.136. The number of benzene rings is 3. The predicted molar refractivity (Wildman–Crippen MR) is 107 cm³/mol. The highest BCUT2D eigenvalue weighted by Crippen LogP contribution is 2.37. The molecule has 3 aromatic carbocycles. The molecular weight excluding hydrogens is 342 g/mol. The molecule has 0 aromatic heterocycles. The molecule has 0 aliphatic heterocycles. The van der Waals surface area contributed by atoms with Crippen molar-refractivity contribution in [3.8, 4) is 16.9 Å². The van der Waals surface area contributed by atoms with Crippen molar-refractivity contribution < 1.29 is 9.53 Å². The summed E-state index contributed by atoms with van der Waals surface area (Å²) in [5, 5.41) is 2.77. The summed E-state index contributed by atoms with van der Waals surface area (Å²) in [7, 11) is 0. The average Bonchev–Trinajstić information content (AvgIpc) is 2.64. The van der Waals surface area contributed by atoms with Crippen LogP contribution < -0.4 is 10.1 Å². The molecule has 0 spiro atoms. The summed E-state index contributed by atoms with van der Waals surface area (Å²) in [5.41, 5.74) is 2.09. The Balaban J connectivity index is 1.93. The first-order chi connectivity index (χ1) is 12.6. The average molecular weight is 363 g/mol. The number of carbonyl (C=O) groups excluding carboxylic acids is 1. The number of amides is 1. The zero-order valence-electron chi connectivity index (χ0n) is 14.8. The van der Waals surface area contributed by atoms with Crippen molar-refractivity contribution in [2.45, 2.75) is 29.7 Å². The summed E-state index contributed by atoms with van der Waals surface area (Å²) in [6.45, 7) is 3.81. The van der Waals surface area contributed by atoms with Crippen LogP contribution in [0.5, 0.6) is 5.75 Å². The van der Waals surface area contributed by atoms with Gasteiger partial charge in [-0.15, -0.1) is 0 Å². The maximum absolute atomic E-state index is 12.1. The smallest absolute Gasteiger partial charge is 0.409 e. The van der Waals surface area contributed by atoms with Crippen LogP contribution in [0.3, 0.4) is 0 Å². The van der Waals surface area contributed by atoms with Crippen molar-refractivity contribution in [1.82, 2.24) is 5.32 Å². The minimum Gasteiger partial charge on any atom is -0.409 e. The van der Waals surface area contributed by atoms with Crippen LogP contribution in [-0.2, 0) is 0 Å². The second-order valence-electron chi connectivity index (χ2n) is 6.13. The number of ether oxygens (including phenoxy) is 1. The van der Waals surface area contributed by atoms with Crippen LogP contribution in [0.1, 0.15) is 13.8 Å². The molecule has 0 aliphatic carbocycles. The molecule has 0 saturated carbocycles. The topological polar surface area (TPSA) is 38.3 Å². The largest absolute Gasteiger partial charge is 0.412 e. The molecule has 0 bridgehead atoms. The first-order valence-electron chi connectivity index (χ1n) is 8.52. The van der Waals surface area contributed by atoms with Crippen LogP contribution in [-0.4, -0.2) is 12.1 Å². The molecule has 3 rings (SSSR count). The fourth-order valence-corrected chi connectivity index (χ4v) is 3.35. The van der Waals surface area contributed by atoms with E-state index >= 15 is 0 Å². The monoisotopic (exact) mass is 363 g/mol. The Kier molecular flexibility index (Phi) is 5.97. The van der Waals surface area contributed by atoms with Gasteiger partial charge in [-0.2, -0.15) is 0 Å². The number of hydrogen-bond acceptors (Lipinski definition) is 3. The van der Waals surface area contributed by atoms with Crippen molar-refractivity contribution in [2.75, 3.05) is 0 Å². The van der Waals surface area contributed by atoms with E-state index in [1.165, 1.54) is 0 Å². The molecule has 1 amide bonds. The molecular formula is C22H21NO2S. The minimum absolute atomic E-state index is 0.0185. The summed E-state index contributed by atoms with van der Waals surface area (Å²) >= 11 is 1.57. The van der Waals surface area contributed by atoms with Crippen molar-refractivity contribution >= 4 is 17.9 Å². The normalized spacial score (nSPS) is 10.6. The van der Waals surface area contributed by atoms with Gasteiger partial charge in [-0.05, 0) is 49.2 Å². The molecule has 0 heterocycles. The van der Waals surface area contributed by atoms with Crippen LogP contribution in [0.2, 0.25) is 0 Å². The Bertz CT molecular complexity index is 864. The highest BCUT2D eigenvalue weighted by atomic mass is 32.2. The van der Waals surface area contributed by atoms with Crippen molar-refractivity contribution in [3.05, 3.63) is 78.9 Å². The number of rotatable bonds is 5. The number of carbonyl (C=O) groups is 1. The summed E-state index contributed by atoms with van der Waals surface area (Å²) in [4.78, 5) is 14.1. The molecule has 0 unspecified atom stereocenters. The van der Waals surface area contributed by atoms with Gasteiger partial charge in [-0.1, -0.05) is 66.4 Å². The Morgan fingerprint density at radius 2 is 1.54 bits per heavy atom.